The summed E-state index contributed by atoms with van der Waals surface area (Å²) in [5.41, 5.74) is 0. The lowest BCUT2D eigenvalue weighted by atomic mass is 10.4. The van der Waals surface area contributed by atoms with Crippen molar-refractivity contribution in [3.05, 3.63) is 41.8 Å². The third kappa shape index (κ3) is 4.57. The summed E-state index contributed by atoms with van der Waals surface area (Å²) in [6.45, 7) is 1.84. The standard InChI is InChI=1S/C13H13N3OS2/c1-10-12(17)15-13(19-10)16-14-8-5-9-18-11-6-3-2-4-7-11/h2-10H,1H3,(H,15,16,17)/b9-5+,14-8+. The van der Waals surface area contributed by atoms with Gasteiger partial charge in [-0.3, -0.25) is 4.79 Å². The molecule has 4 nitrogen and oxygen atoms in total. The Kier molecular flexibility index (Phi) is 5.23. The number of rotatable bonds is 4. The van der Waals surface area contributed by atoms with Gasteiger partial charge in [-0.1, -0.05) is 41.7 Å². The van der Waals surface area contributed by atoms with Crippen LogP contribution in [-0.4, -0.2) is 22.5 Å². The first-order valence-electron chi connectivity index (χ1n) is 5.71. The molecule has 1 unspecified atom stereocenters. The summed E-state index contributed by atoms with van der Waals surface area (Å²) >= 11 is 2.99. The van der Waals surface area contributed by atoms with Crippen molar-refractivity contribution >= 4 is 40.8 Å². The van der Waals surface area contributed by atoms with Gasteiger partial charge >= 0.3 is 0 Å². The zero-order valence-electron chi connectivity index (χ0n) is 10.3. The highest BCUT2D eigenvalue weighted by atomic mass is 32.2. The number of thioether (sulfide) groups is 2. The zero-order valence-corrected chi connectivity index (χ0v) is 11.9. The van der Waals surface area contributed by atoms with E-state index in [4.69, 9.17) is 0 Å². The highest BCUT2D eigenvalue weighted by molar-refractivity contribution is 8.15. The lowest BCUT2D eigenvalue weighted by Gasteiger charge is -1.92. The van der Waals surface area contributed by atoms with Crippen LogP contribution in [0.1, 0.15) is 6.92 Å². The number of hydrogen-bond acceptors (Lipinski definition) is 5. The van der Waals surface area contributed by atoms with Crippen molar-refractivity contribution < 1.29 is 4.79 Å². The van der Waals surface area contributed by atoms with E-state index in [2.05, 4.69) is 15.5 Å². The van der Waals surface area contributed by atoms with Crippen molar-refractivity contribution in [1.29, 1.82) is 0 Å². The number of amides is 1. The lowest BCUT2D eigenvalue weighted by Crippen LogP contribution is -2.23. The predicted molar refractivity (Wildman–Crippen MR) is 82.6 cm³/mol. The zero-order chi connectivity index (χ0) is 13.5. The maximum absolute atomic E-state index is 11.2. The molecule has 0 aromatic heterocycles. The second-order valence-corrected chi connectivity index (χ2v) is 5.99. The van der Waals surface area contributed by atoms with Crippen molar-refractivity contribution in [3.63, 3.8) is 0 Å². The maximum Gasteiger partial charge on any atom is 0.239 e. The van der Waals surface area contributed by atoms with Crippen LogP contribution in [0.3, 0.4) is 0 Å². The van der Waals surface area contributed by atoms with Gasteiger partial charge in [0.25, 0.3) is 0 Å². The van der Waals surface area contributed by atoms with Gasteiger partial charge in [-0.25, -0.2) is 0 Å². The summed E-state index contributed by atoms with van der Waals surface area (Å²) in [5.74, 6) is -0.0193. The van der Waals surface area contributed by atoms with E-state index in [1.165, 1.54) is 16.7 Å². The molecule has 0 radical (unpaired) electrons. The van der Waals surface area contributed by atoms with Gasteiger partial charge in [0.15, 0.2) is 5.17 Å². The molecule has 1 aromatic rings. The van der Waals surface area contributed by atoms with Crippen LogP contribution in [0.25, 0.3) is 0 Å². The van der Waals surface area contributed by atoms with E-state index in [0.717, 1.165) is 0 Å². The van der Waals surface area contributed by atoms with Crippen LogP contribution in [0.5, 0.6) is 0 Å². The van der Waals surface area contributed by atoms with E-state index in [1.54, 1.807) is 18.0 Å². The van der Waals surface area contributed by atoms with Crippen molar-refractivity contribution in [1.82, 2.24) is 5.32 Å². The molecule has 2 rings (SSSR count). The van der Waals surface area contributed by atoms with Gasteiger partial charge < -0.3 is 5.32 Å². The van der Waals surface area contributed by atoms with E-state index < -0.39 is 0 Å². The number of allylic oxidation sites excluding steroid dienone is 1. The van der Waals surface area contributed by atoms with E-state index in [-0.39, 0.29) is 11.2 Å². The smallest absolute Gasteiger partial charge is 0.239 e. The third-order valence-corrected chi connectivity index (χ3v) is 4.03. The summed E-state index contributed by atoms with van der Waals surface area (Å²) in [4.78, 5) is 12.4. The summed E-state index contributed by atoms with van der Waals surface area (Å²) < 4.78 is 0. The average molecular weight is 291 g/mol. The van der Waals surface area contributed by atoms with E-state index in [0.29, 0.717) is 5.17 Å². The molecule has 1 aliphatic rings. The molecule has 98 valence electrons. The van der Waals surface area contributed by atoms with Gasteiger partial charge in [0.05, 0.1) is 11.5 Å². The molecule has 1 atom stereocenters. The summed E-state index contributed by atoms with van der Waals surface area (Å²) in [7, 11) is 0. The van der Waals surface area contributed by atoms with Crippen molar-refractivity contribution in [2.24, 2.45) is 10.2 Å². The minimum absolute atomic E-state index is 0.0193. The van der Waals surface area contributed by atoms with Crippen LogP contribution in [-0.2, 0) is 4.79 Å². The first kappa shape index (κ1) is 13.9. The fourth-order valence-electron chi connectivity index (χ4n) is 1.28. The number of carbonyl (C=O) groups is 1. The van der Waals surface area contributed by atoms with Gasteiger partial charge in [-0.05, 0) is 30.5 Å². The number of carbonyl (C=O) groups excluding carboxylic acids is 1. The van der Waals surface area contributed by atoms with Crippen LogP contribution in [0.4, 0.5) is 0 Å². The largest absolute Gasteiger partial charge is 0.303 e. The van der Waals surface area contributed by atoms with Crippen molar-refractivity contribution in [2.45, 2.75) is 17.1 Å². The molecule has 19 heavy (non-hydrogen) atoms. The normalized spacial score (nSPS) is 21.6. The molecule has 0 aliphatic carbocycles. The van der Waals surface area contributed by atoms with Gasteiger partial charge in [0.2, 0.25) is 5.91 Å². The van der Waals surface area contributed by atoms with Gasteiger partial charge in [0.1, 0.15) is 0 Å². The van der Waals surface area contributed by atoms with E-state index >= 15 is 0 Å². The topological polar surface area (TPSA) is 53.8 Å². The maximum atomic E-state index is 11.2. The van der Waals surface area contributed by atoms with Gasteiger partial charge in [0, 0.05) is 4.90 Å². The monoisotopic (exact) mass is 291 g/mol. The Balaban J connectivity index is 1.78. The summed E-state index contributed by atoms with van der Waals surface area (Å²) in [6.07, 6.45) is 3.41. The minimum atomic E-state index is -0.0851. The molecule has 1 fully saturated rings. The molecular weight excluding hydrogens is 278 g/mol. The lowest BCUT2D eigenvalue weighted by molar-refractivity contribution is -0.118. The van der Waals surface area contributed by atoms with Gasteiger partial charge in [-0.2, -0.15) is 5.10 Å². The average Bonchev–Trinajstić information content (AvgIpc) is 2.74. The Morgan fingerprint density at radius 2 is 2.16 bits per heavy atom. The molecular formula is C13H13N3OS2. The summed E-state index contributed by atoms with van der Waals surface area (Å²) in [6, 6.07) is 10.1. The molecule has 6 heteroatoms. The fraction of sp³-hybridized carbons (Fsp3) is 0.154. The molecule has 0 bridgehead atoms. The van der Waals surface area contributed by atoms with Gasteiger partial charge in [-0.15, -0.1) is 5.10 Å². The molecule has 1 saturated heterocycles. The van der Waals surface area contributed by atoms with Crippen molar-refractivity contribution in [2.75, 3.05) is 0 Å². The van der Waals surface area contributed by atoms with Crippen LogP contribution in [0.2, 0.25) is 0 Å². The first-order chi connectivity index (χ1) is 9.25. The van der Waals surface area contributed by atoms with Crippen LogP contribution < -0.4 is 5.32 Å². The first-order valence-corrected chi connectivity index (χ1v) is 7.47. The van der Waals surface area contributed by atoms with Crippen LogP contribution in [0, 0.1) is 0 Å². The number of amidine groups is 1. The Morgan fingerprint density at radius 1 is 1.37 bits per heavy atom. The molecule has 0 spiro atoms. The van der Waals surface area contributed by atoms with E-state index in [1.807, 2.05) is 48.7 Å². The SMILES string of the molecule is CC1S\C(=N/N=C/C=C/Sc2ccccc2)NC1=O. The second-order valence-electron chi connectivity index (χ2n) is 3.68. The molecule has 1 N–H and O–H groups in total. The highest BCUT2D eigenvalue weighted by Gasteiger charge is 2.25. The minimum Gasteiger partial charge on any atom is -0.303 e. The number of nitrogens with zero attached hydrogens (tertiary/aromatic N) is 2. The van der Waals surface area contributed by atoms with Crippen LogP contribution >= 0.6 is 23.5 Å². The highest BCUT2D eigenvalue weighted by Crippen LogP contribution is 2.18. The quantitative estimate of drug-likeness (QED) is 0.527. The molecule has 0 saturated carbocycles. The number of nitrogens with one attached hydrogen (secondary N) is 1. The summed E-state index contributed by atoms with van der Waals surface area (Å²) in [5, 5.41) is 12.9. The second kappa shape index (κ2) is 7.16. The fourth-order valence-corrected chi connectivity index (χ4v) is 2.66. The van der Waals surface area contributed by atoms with E-state index in [9.17, 15) is 4.79 Å². The Bertz CT molecular complexity index is 526. The Labute approximate surface area is 120 Å². The number of hydrogen-bond donors (Lipinski definition) is 1. The predicted octanol–water partition coefficient (Wildman–Crippen LogP) is 2.89. The third-order valence-electron chi connectivity index (χ3n) is 2.21. The molecule has 1 aliphatic heterocycles. The van der Waals surface area contributed by atoms with Crippen molar-refractivity contribution in [3.8, 4) is 0 Å². The Hall–Kier alpha value is -1.53. The molecule has 1 amide bonds. The number of benzene rings is 1. The molecule has 1 heterocycles. The molecule has 1 aromatic carbocycles. The Morgan fingerprint density at radius 3 is 2.84 bits per heavy atom. The van der Waals surface area contributed by atoms with Crippen LogP contribution in [0.15, 0.2) is 56.9 Å².